The number of hydrogen-bond acceptors (Lipinski definition) is 10. The maximum Gasteiger partial charge on any atom is 0.407 e. The van der Waals surface area contributed by atoms with Crippen LogP contribution in [-0.2, 0) is 38.4 Å². The van der Waals surface area contributed by atoms with Gasteiger partial charge in [0.1, 0.15) is 12.2 Å². The first-order valence-corrected chi connectivity index (χ1v) is 20.7. The maximum atomic E-state index is 12.0. The first-order valence-electron chi connectivity index (χ1n) is 20.7. The molecule has 4 atom stereocenters. The summed E-state index contributed by atoms with van der Waals surface area (Å²) in [6.07, 6.45) is 6.00. The van der Waals surface area contributed by atoms with Crippen molar-refractivity contribution >= 4 is 52.7 Å². The predicted octanol–water partition coefficient (Wildman–Crippen LogP) is 7.25. The van der Waals surface area contributed by atoms with Gasteiger partial charge in [0.05, 0.1) is 6.42 Å². The number of aromatic amines is 2. The SMILES string of the molecule is CC(C)NC(=O)O[C@@H]1CC[C@H](c2cc(Nc3cccc4c3CCC(=O)N4)n[nH]2)C1.CC(C)NC(=O)O[C@@H]1CC[C@H](c2cc(Nc3cccc4c3CN(C)C(=O)C4)n[nH]2)C1. The zero-order chi connectivity index (χ0) is 41.6. The molecule has 314 valence electrons. The Bertz CT molecular complexity index is 2150. The molecule has 2 aliphatic heterocycles. The number of nitrogens with zero attached hydrogens (tertiary/aromatic N) is 3. The summed E-state index contributed by atoms with van der Waals surface area (Å²) in [6.45, 7) is 8.25. The van der Waals surface area contributed by atoms with Crippen molar-refractivity contribution in [3.63, 3.8) is 0 Å². The number of H-pyrrole nitrogens is 2. The number of carbonyl (C=O) groups is 4. The van der Waals surface area contributed by atoms with E-state index in [0.717, 1.165) is 95.3 Å². The minimum Gasteiger partial charge on any atom is -0.446 e. The Morgan fingerprint density at radius 1 is 0.746 bits per heavy atom. The van der Waals surface area contributed by atoms with Crippen molar-refractivity contribution in [3.05, 3.63) is 76.6 Å². The van der Waals surface area contributed by atoms with Crippen molar-refractivity contribution in [2.75, 3.05) is 23.0 Å². The predicted molar refractivity (Wildman–Crippen MR) is 224 cm³/mol. The number of hydrogen-bond donors (Lipinski definition) is 7. The van der Waals surface area contributed by atoms with E-state index in [1.807, 2.05) is 83.3 Å². The van der Waals surface area contributed by atoms with Gasteiger partial charge in [-0.15, -0.1) is 0 Å². The van der Waals surface area contributed by atoms with Crippen LogP contribution >= 0.6 is 0 Å². The molecular weight excluding hydrogens is 753 g/mol. The number of ether oxygens (including phenoxy) is 2. The molecule has 2 aromatic carbocycles. The molecule has 4 heterocycles. The number of anilines is 5. The monoisotopic (exact) mass is 808 g/mol. The molecule has 7 N–H and O–H groups in total. The molecule has 2 saturated carbocycles. The van der Waals surface area contributed by atoms with Crippen LogP contribution in [0.1, 0.15) is 113 Å². The molecule has 4 aromatic rings. The average Bonchev–Trinajstić information content (AvgIpc) is 4.01. The van der Waals surface area contributed by atoms with E-state index in [4.69, 9.17) is 9.47 Å². The number of alkyl carbamates (subject to hydrolysis) is 2. The lowest BCUT2D eigenvalue weighted by atomic mass is 9.98. The number of fused-ring (bicyclic) bond motifs is 2. The highest BCUT2D eigenvalue weighted by molar-refractivity contribution is 5.95. The maximum absolute atomic E-state index is 12.0. The van der Waals surface area contributed by atoms with Gasteiger partial charge < -0.3 is 41.0 Å². The third-order valence-corrected chi connectivity index (χ3v) is 11.2. The second kappa shape index (κ2) is 18.2. The quantitative estimate of drug-likeness (QED) is 0.0854. The zero-order valence-electron chi connectivity index (χ0n) is 34.4. The van der Waals surface area contributed by atoms with Crippen LogP contribution in [0.25, 0.3) is 0 Å². The topological polar surface area (TPSA) is 207 Å². The van der Waals surface area contributed by atoms with E-state index >= 15 is 0 Å². The molecular formula is C43H56N10O6. The van der Waals surface area contributed by atoms with E-state index in [1.165, 1.54) is 0 Å². The molecule has 0 saturated heterocycles. The summed E-state index contributed by atoms with van der Waals surface area (Å²) < 4.78 is 11.0. The summed E-state index contributed by atoms with van der Waals surface area (Å²) in [6, 6.07) is 16.0. The van der Waals surface area contributed by atoms with Gasteiger partial charge in [-0.3, -0.25) is 19.8 Å². The van der Waals surface area contributed by atoms with Gasteiger partial charge in [-0.1, -0.05) is 18.2 Å². The number of carbonyl (C=O) groups excluding carboxylic acids is 4. The highest BCUT2D eigenvalue weighted by Gasteiger charge is 2.32. The van der Waals surface area contributed by atoms with Crippen molar-refractivity contribution < 1.29 is 28.7 Å². The van der Waals surface area contributed by atoms with Crippen molar-refractivity contribution in [1.29, 1.82) is 0 Å². The van der Waals surface area contributed by atoms with Gasteiger partial charge in [0.25, 0.3) is 0 Å². The first-order chi connectivity index (χ1) is 28.4. The number of benzene rings is 2. The van der Waals surface area contributed by atoms with Crippen LogP contribution in [0.5, 0.6) is 0 Å². The van der Waals surface area contributed by atoms with Crippen molar-refractivity contribution in [2.24, 2.45) is 0 Å². The molecule has 2 aromatic heterocycles. The molecule has 2 aliphatic carbocycles. The normalized spacial score (nSPS) is 20.9. The molecule has 4 aliphatic rings. The molecule has 59 heavy (non-hydrogen) atoms. The first kappa shape index (κ1) is 41.1. The van der Waals surface area contributed by atoms with Gasteiger partial charge in [-0.05, 0) is 108 Å². The minimum absolute atomic E-state index is 0.0526. The lowest BCUT2D eigenvalue weighted by Gasteiger charge is -2.27. The van der Waals surface area contributed by atoms with E-state index in [1.54, 1.807) is 4.90 Å². The number of nitrogens with one attached hydrogen (secondary N) is 7. The zero-order valence-corrected chi connectivity index (χ0v) is 34.4. The molecule has 4 amide bonds. The second-order valence-corrected chi connectivity index (χ2v) is 16.6. The molecule has 0 bridgehead atoms. The Labute approximate surface area is 344 Å². The molecule has 2 fully saturated rings. The Morgan fingerprint density at radius 3 is 1.85 bits per heavy atom. The summed E-state index contributed by atoms with van der Waals surface area (Å²) in [5.41, 5.74) is 8.18. The van der Waals surface area contributed by atoms with Gasteiger partial charge in [0.2, 0.25) is 11.8 Å². The minimum atomic E-state index is -0.349. The smallest absolute Gasteiger partial charge is 0.407 e. The number of likely N-dealkylation sites (N-methyl/N-ethyl adjacent to an activating group) is 1. The van der Waals surface area contributed by atoms with E-state index in [2.05, 4.69) is 47.0 Å². The van der Waals surface area contributed by atoms with E-state index in [9.17, 15) is 19.2 Å². The summed E-state index contributed by atoms with van der Waals surface area (Å²) >= 11 is 0. The van der Waals surface area contributed by atoms with Crippen molar-refractivity contribution in [3.8, 4) is 0 Å². The third-order valence-electron chi connectivity index (χ3n) is 11.2. The summed E-state index contributed by atoms with van der Waals surface area (Å²) in [5.74, 6) is 2.27. The van der Waals surface area contributed by atoms with Crippen molar-refractivity contribution in [1.82, 2.24) is 35.9 Å². The molecule has 0 radical (unpaired) electrons. The highest BCUT2D eigenvalue weighted by Crippen LogP contribution is 2.38. The summed E-state index contributed by atoms with van der Waals surface area (Å²) in [7, 11) is 1.83. The number of rotatable bonds is 10. The largest absolute Gasteiger partial charge is 0.446 e. The van der Waals surface area contributed by atoms with Gasteiger partial charge >= 0.3 is 12.2 Å². The second-order valence-electron chi connectivity index (χ2n) is 16.6. The fraction of sp³-hybridized carbons (Fsp3) is 0.488. The van der Waals surface area contributed by atoms with Gasteiger partial charge in [0.15, 0.2) is 11.6 Å². The molecule has 16 nitrogen and oxygen atoms in total. The molecule has 8 rings (SSSR count). The number of aromatic nitrogens is 4. The average molecular weight is 809 g/mol. The molecule has 0 unspecified atom stereocenters. The Hall–Kier alpha value is -6.06. The van der Waals surface area contributed by atoms with Crippen LogP contribution in [0, 0.1) is 0 Å². The van der Waals surface area contributed by atoms with Gasteiger partial charge in [0, 0.05) is 84.5 Å². The Balaban J connectivity index is 0.000000179. The Morgan fingerprint density at radius 2 is 1.29 bits per heavy atom. The molecule has 16 heteroatoms. The van der Waals surface area contributed by atoms with Crippen LogP contribution in [0.2, 0.25) is 0 Å². The van der Waals surface area contributed by atoms with Crippen LogP contribution in [-0.4, -0.2) is 80.6 Å². The van der Waals surface area contributed by atoms with E-state index in [0.29, 0.717) is 37.6 Å². The third kappa shape index (κ3) is 10.5. The van der Waals surface area contributed by atoms with Crippen LogP contribution in [0.4, 0.5) is 38.3 Å². The van der Waals surface area contributed by atoms with Gasteiger partial charge in [-0.25, -0.2) is 9.59 Å². The van der Waals surface area contributed by atoms with Gasteiger partial charge in [-0.2, -0.15) is 10.2 Å². The lowest BCUT2D eigenvalue weighted by Crippen LogP contribution is -2.33. The number of amides is 4. The van der Waals surface area contributed by atoms with Crippen LogP contribution < -0.4 is 26.6 Å². The fourth-order valence-corrected chi connectivity index (χ4v) is 8.27. The standard InChI is InChI=1S/C22H29N5O3.C21H27N5O3/c1-13(2)23-22(29)30-16-8-7-15(9-16)19-11-20(26-25-19)24-18-6-4-5-14-10-21(28)27(3)12-17(14)18;1-12(2)22-21(28)29-14-7-6-13(10-14)18-11-19(26-25-18)23-16-4-3-5-17-15(16)8-9-20(27)24-17/h4-6,11,13,15-16H,7-10,12H2,1-3H3,(H,23,29)(H2,24,25,26);3-5,11-14H,6-10H2,1-2H3,(H,22,28)(H,24,27)(H2,23,25,26)/t15-,16+;13-,14+/m00/s1. The van der Waals surface area contributed by atoms with Crippen LogP contribution in [0.15, 0.2) is 48.5 Å². The Kier molecular flexibility index (Phi) is 12.7. The highest BCUT2D eigenvalue weighted by atomic mass is 16.6. The molecule has 0 spiro atoms. The lowest BCUT2D eigenvalue weighted by molar-refractivity contribution is -0.130. The van der Waals surface area contributed by atoms with Crippen LogP contribution in [0.3, 0.4) is 0 Å². The van der Waals surface area contributed by atoms with Crippen molar-refractivity contribution in [2.45, 2.75) is 128 Å². The van der Waals surface area contributed by atoms with E-state index < -0.39 is 0 Å². The summed E-state index contributed by atoms with van der Waals surface area (Å²) in [4.78, 5) is 49.0. The fourth-order valence-electron chi connectivity index (χ4n) is 8.27. The summed E-state index contributed by atoms with van der Waals surface area (Å²) in [5, 5.41) is 30.3. The van der Waals surface area contributed by atoms with E-state index in [-0.39, 0.29) is 48.3 Å².